The van der Waals surface area contributed by atoms with Gasteiger partial charge in [-0.25, -0.2) is 9.97 Å². The fourth-order valence-electron chi connectivity index (χ4n) is 2.45. The van der Waals surface area contributed by atoms with Crippen LogP contribution in [0, 0.1) is 6.92 Å². The highest BCUT2D eigenvalue weighted by molar-refractivity contribution is 7.99. The second-order valence-electron chi connectivity index (χ2n) is 5.11. The van der Waals surface area contributed by atoms with Gasteiger partial charge in [-0.15, -0.1) is 0 Å². The Bertz CT molecular complexity index is 642. The van der Waals surface area contributed by atoms with Crippen LogP contribution in [-0.2, 0) is 11.2 Å². The van der Waals surface area contributed by atoms with Gasteiger partial charge in [0, 0.05) is 24.6 Å². The van der Waals surface area contributed by atoms with Gasteiger partial charge in [0.1, 0.15) is 0 Å². The number of aromatic nitrogens is 2. The van der Waals surface area contributed by atoms with Crippen LogP contribution in [0.25, 0.3) is 0 Å². The number of hydrogen-bond acceptors (Lipinski definition) is 4. The topological polar surface area (TPSA) is 46.1 Å². The van der Waals surface area contributed by atoms with E-state index in [1.54, 1.807) is 12.4 Å². The Morgan fingerprint density at radius 2 is 2.05 bits per heavy atom. The van der Waals surface area contributed by atoms with E-state index in [2.05, 4.69) is 16.0 Å². The number of anilines is 1. The molecule has 0 bridgehead atoms. The number of amides is 1. The van der Waals surface area contributed by atoms with Crippen molar-refractivity contribution in [3.05, 3.63) is 47.8 Å². The molecule has 0 N–H and O–H groups in total. The SMILES string of the molecule is Cc1cnc(SCC(=O)N2CCCc3ccccc32)nc1. The van der Waals surface area contributed by atoms with Crippen molar-refractivity contribution in [3.8, 4) is 0 Å². The largest absolute Gasteiger partial charge is 0.311 e. The second kappa shape index (κ2) is 6.26. The van der Waals surface area contributed by atoms with Crippen molar-refractivity contribution >= 4 is 23.4 Å². The summed E-state index contributed by atoms with van der Waals surface area (Å²) in [5, 5.41) is 0.652. The van der Waals surface area contributed by atoms with E-state index in [0.29, 0.717) is 10.9 Å². The third-order valence-corrected chi connectivity index (χ3v) is 4.35. The molecule has 0 saturated heterocycles. The minimum Gasteiger partial charge on any atom is -0.311 e. The number of nitrogens with zero attached hydrogens (tertiary/aromatic N) is 3. The van der Waals surface area contributed by atoms with Crippen molar-refractivity contribution < 1.29 is 4.79 Å². The van der Waals surface area contributed by atoms with Gasteiger partial charge in [0.2, 0.25) is 5.91 Å². The molecule has 0 fully saturated rings. The molecule has 4 nitrogen and oxygen atoms in total. The average molecular weight is 299 g/mol. The van der Waals surface area contributed by atoms with Crippen LogP contribution in [0.15, 0.2) is 41.8 Å². The van der Waals surface area contributed by atoms with Gasteiger partial charge in [-0.3, -0.25) is 4.79 Å². The molecule has 0 aliphatic carbocycles. The molecule has 5 heteroatoms. The number of hydrogen-bond donors (Lipinski definition) is 0. The van der Waals surface area contributed by atoms with Gasteiger partial charge in [-0.2, -0.15) is 0 Å². The highest BCUT2D eigenvalue weighted by atomic mass is 32.2. The lowest BCUT2D eigenvalue weighted by atomic mass is 10.0. The number of fused-ring (bicyclic) bond motifs is 1. The van der Waals surface area contributed by atoms with Crippen molar-refractivity contribution in [1.82, 2.24) is 9.97 Å². The molecular formula is C16H17N3OS. The average Bonchev–Trinajstić information content (AvgIpc) is 2.53. The summed E-state index contributed by atoms with van der Waals surface area (Å²) in [6.45, 7) is 2.75. The summed E-state index contributed by atoms with van der Waals surface area (Å²) < 4.78 is 0. The van der Waals surface area contributed by atoms with Gasteiger partial charge < -0.3 is 4.90 Å². The Labute approximate surface area is 128 Å². The first-order valence-electron chi connectivity index (χ1n) is 7.04. The van der Waals surface area contributed by atoms with Gasteiger partial charge in [0.25, 0.3) is 0 Å². The minimum atomic E-state index is 0.122. The molecule has 0 spiro atoms. The van der Waals surface area contributed by atoms with Gasteiger partial charge in [0.05, 0.1) is 5.75 Å². The Morgan fingerprint density at radius 1 is 1.29 bits per heavy atom. The smallest absolute Gasteiger partial charge is 0.237 e. The van der Waals surface area contributed by atoms with E-state index in [1.807, 2.05) is 30.0 Å². The van der Waals surface area contributed by atoms with E-state index in [4.69, 9.17) is 0 Å². The molecule has 1 aromatic carbocycles. The zero-order chi connectivity index (χ0) is 14.7. The van der Waals surface area contributed by atoms with Crippen LogP contribution < -0.4 is 4.90 Å². The predicted octanol–water partition coefficient (Wildman–Crippen LogP) is 2.86. The van der Waals surface area contributed by atoms with E-state index < -0.39 is 0 Å². The van der Waals surface area contributed by atoms with Crippen LogP contribution in [0.1, 0.15) is 17.5 Å². The standard InChI is InChI=1S/C16H17N3OS/c1-12-9-17-16(18-10-12)21-11-15(20)19-8-4-6-13-5-2-3-7-14(13)19/h2-3,5,7,9-10H,4,6,8,11H2,1H3. The lowest BCUT2D eigenvalue weighted by Gasteiger charge is -2.29. The summed E-state index contributed by atoms with van der Waals surface area (Å²) in [7, 11) is 0. The Hall–Kier alpha value is -1.88. The molecule has 0 unspecified atom stereocenters. The molecule has 0 radical (unpaired) electrons. The van der Waals surface area contributed by atoms with Crippen LogP contribution in [-0.4, -0.2) is 28.2 Å². The lowest BCUT2D eigenvalue weighted by Crippen LogP contribution is -2.36. The molecule has 21 heavy (non-hydrogen) atoms. The number of rotatable bonds is 3. The number of para-hydroxylation sites is 1. The molecule has 3 rings (SSSR count). The zero-order valence-corrected chi connectivity index (χ0v) is 12.8. The van der Waals surface area contributed by atoms with Gasteiger partial charge in [0.15, 0.2) is 5.16 Å². The van der Waals surface area contributed by atoms with Crippen LogP contribution >= 0.6 is 11.8 Å². The van der Waals surface area contributed by atoms with Crippen molar-refractivity contribution in [1.29, 1.82) is 0 Å². The van der Waals surface area contributed by atoms with Gasteiger partial charge >= 0.3 is 0 Å². The molecular weight excluding hydrogens is 282 g/mol. The summed E-state index contributed by atoms with van der Waals surface area (Å²) in [6, 6.07) is 8.15. The number of thioether (sulfide) groups is 1. The van der Waals surface area contributed by atoms with Crippen LogP contribution in [0.3, 0.4) is 0 Å². The maximum absolute atomic E-state index is 12.5. The molecule has 2 heterocycles. The monoisotopic (exact) mass is 299 g/mol. The Balaban J connectivity index is 1.68. The fourth-order valence-corrected chi connectivity index (χ4v) is 3.12. The Kier molecular flexibility index (Phi) is 4.20. The van der Waals surface area contributed by atoms with Gasteiger partial charge in [-0.05, 0) is 37.0 Å². The number of benzene rings is 1. The summed E-state index contributed by atoms with van der Waals surface area (Å²) in [6.07, 6.45) is 5.62. The van der Waals surface area contributed by atoms with Crippen LogP contribution in [0.4, 0.5) is 5.69 Å². The highest BCUT2D eigenvalue weighted by Gasteiger charge is 2.22. The van der Waals surface area contributed by atoms with Crippen molar-refractivity contribution in [2.45, 2.75) is 24.9 Å². The third kappa shape index (κ3) is 3.24. The van der Waals surface area contributed by atoms with E-state index in [-0.39, 0.29) is 5.91 Å². The maximum Gasteiger partial charge on any atom is 0.237 e. The number of carbonyl (C=O) groups excluding carboxylic acids is 1. The molecule has 0 saturated carbocycles. The molecule has 108 valence electrons. The van der Waals surface area contributed by atoms with Crippen LogP contribution in [0.2, 0.25) is 0 Å². The fraction of sp³-hybridized carbons (Fsp3) is 0.312. The quantitative estimate of drug-likeness (QED) is 0.646. The molecule has 1 amide bonds. The van der Waals surface area contributed by atoms with E-state index in [0.717, 1.165) is 30.6 Å². The molecule has 1 aliphatic heterocycles. The zero-order valence-electron chi connectivity index (χ0n) is 12.0. The first-order valence-corrected chi connectivity index (χ1v) is 8.02. The molecule has 2 aromatic rings. The van der Waals surface area contributed by atoms with Crippen LogP contribution in [0.5, 0.6) is 0 Å². The first-order chi connectivity index (χ1) is 10.2. The summed E-state index contributed by atoms with van der Waals surface area (Å²) in [5.41, 5.74) is 3.34. The summed E-state index contributed by atoms with van der Waals surface area (Å²) >= 11 is 1.39. The predicted molar refractivity (Wildman–Crippen MR) is 84.6 cm³/mol. The molecule has 1 aliphatic rings. The Morgan fingerprint density at radius 3 is 2.86 bits per heavy atom. The third-order valence-electron chi connectivity index (χ3n) is 3.49. The first kappa shape index (κ1) is 14.1. The maximum atomic E-state index is 12.5. The molecule has 1 aromatic heterocycles. The second-order valence-corrected chi connectivity index (χ2v) is 6.05. The van der Waals surface area contributed by atoms with E-state index >= 15 is 0 Å². The normalized spacial score (nSPS) is 13.9. The van der Waals surface area contributed by atoms with E-state index in [1.165, 1.54) is 17.3 Å². The number of aryl methyl sites for hydroxylation is 2. The van der Waals surface area contributed by atoms with Crippen molar-refractivity contribution in [3.63, 3.8) is 0 Å². The van der Waals surface area contributed by atoms with E-state index in [9.17, 15) is 4.79 Å². The highest BCUT2D eigenvalue weighted by Crippen LogP contribution is 2.27. The molecule has 0 atom stereocenters. The lowest BCUT2D eigenvalue weighted by molar-refractivity contribution is -0.116. The number of carbonyl (C=O) groups is 1. The summed E-state index contributed by atoms with van der Waals surface area (Å²) in [5.74, 6) is 0.494. The van der Waals surface area contributed by atoms with Crippen molar-refractivity contribution in [2.75, 3.05) is 17.2 Å². The minimum absolute atomic E-state index is 0.122. The van der Waals surface area contributed by atoms with Gasteiger partial charge in [-0.1, -0.05) is 30.0 Å². The van der Waals surface area contributed by atoms with Crippen molar-refractivity contribution in [2.24, 2.45) is 0 Å². The summed E-state index contributed by atoms with van der Waals surface area (Å²) in [4.78, 5) is 22.8.